The second kappa shape index (κ2) is 7.93. The van der Waals surface area contributed by atoms with Crippen LogP contribution in [0.1, 0.15) is 22.7 Å². The highest BCUT2D eigenvalue weighted by Gasteiger charge is 2.17. The van der Waals surface area contributed by atoms with Crippen molar-refractivity contribution < 1.29 is 18.7 Å². The van der Waals surface area contributed by atoms with Crippen molar-refractivity contribution in [3.05, 3.63) is 35.2 Å². The number of nitrogens with one attached hydrogen (secondary N) is 2. The second-order valence-electron chi connectivity index (χ2n) is 5.20. The van der Waals surface area contributed by atoms with Crippen LogP contribution >= 0.6 is 11.3 Å². The number of hydrogen-bond acceptors (Lipinski definition) is 7. The first kappa shape index (κ1) is 16.5. The van der Waals surface area contributed by atoms with Crippen molar-refractivity contribution in [2.45, 2.75) is 12.8 Å². The summed E-state index contributed by atoms with van der Waals surface area (Å²) in [6.07, 6.45) is 2.26. The van der Waals surface area contributed by atoms with Crippen LogP contribution in [0, 0.1) is 0 Å². The van der Waals surface area contributed by atoms with Crippen molar-refractivity contribution in [3.63, 3.8) is 0 Å². The molecule has 1 aliphatic rings. The minimum absolute atomic E-state index is 0.226. The Morgan fingerprint density at radius 1 is 1.29 bits per heavy atom. The minimum Gasteiger partial charge on any atom is -0.469 e. The molecule has 24 heavy (non-hydrogen) atoms. The third kappa shape index (κ3) is 4.33. The highest BCUT2D eigenvalue weighted by atomic mass is 32.1. The van der Waals surface area contributed by atoms with Gasteiger partial charge in [0.2, 0.25) is 5.91 Å². The summed E-state index contributed by atoms with van der Waals surface area (Å²) in [5.74, 6) is 0.00613. The molecule has 0 aromatic carbocycles. The van der Waals surface area contributed by atoms with E-state index in [-0.39, 0.29) is 18.0 Å². The number of amides is 2. The number of thiazole rings is 1. The van der Waals surface area contributed by atoms with E-state index in [0.717, 1.165) is 24.0 Å². The molecule has 2 aromatic rings. The zero-order valence-electron chi connectivity index (χ0n) is 13.0. The first-order valence-corrected chi connectivity index (χ1v) is 8.50. The molecule has 9 heteroatoms. The normalized spacial score (nSPS) is 14.4. The number of aryl methyl sites for hydroxylation is 1. The van der Waals surface area contributed by atoms with Crippen molar-refractivity contribution in [3.8, 4) is 0 Å². The Labute approximate surface area is 142 Å². The van der Waals surface area contributed by atoms with Crippen LogP contribution in [0.3, 0.4) is 0 Å². The number of nitrogens with zero attached hydrogens (tertiary/aromatic N) is 2. The maximum atomic E-state index is 12.0. The number of carbonyl (C=O) groups excluding carboxylic acids is 2. The lowest BCUT2D eigenvalue weighted by Crippen LogP contribution is -2.42. The zero-order valence-corrected chi connectivity index (χ0v) is 13.8. The van der Waals surface area contributed by atoms with E-state index in [2.05, 4.69) is 20.7 Å². The van der Waals surface area contributed by atoms with Gasteiger partial charge >= 0.3 is 0 Å². The highest BCUT2D eigenvalue weighted by molar-refractivity contribution is 7.13. The van der Waals surface area contributed by atoms with Crippen molar-refractivity contribution in [2.75, 3.05) is 31.2 Å². The van der Waals surface area contributed by atoms with Crippen molar-refractivity contribution in [1.82, 2.24) is 15.8 Å². The Hall–Kier alpha value is -2.39. The Morgan fingerprint density at radius 3 is 2.88 bits per heavy atom. The molecule has 2 amide bonds. The van der Waals surface area contributed by atoms with Crippen LogP contribution in [0.4, 0.5) is 5.13 Å². The van der Waals surface area contributed by atoms with Gasteiger partial charge in [-0.05, 0) is 12.1 Å². The molecule has 2 aromatic heterocycles. The lowest BCUT2D eigenvalue weighted by molar-refractivity contribution is -0.121. The fourth-order valence-corrected chi connectivity index (χ4v) is 3.07. The number of ether oxygens (including phenoxy) is 1. The predicted octanol–water partition coefficient (Wildman–Crippen LogP) is 0.966. The Kier molecular flexibility index (Phi) is 5.44. The largest absolute Gasteiger partial charge is 0.469 e. The number of hydrogen-bond donors (Lipinski definition) is 2. The molecule has 8 nitrogen and oxygen atoms in total. The molecule has 1 fully saturated rings. The number of morpholine rings is 1. The van der Waals surface area contributed by atoms with Gasteiger partial charge in [-0.15, -0.1) is 11.3 Å². The maximum absolute atomic E-state index is 12.0. The van der Waals surface area contributed by atoms with Gasteiger partial charge in [-0.3, -0.25) is 20.4 Å². The van der Waals surface area contributed by atoms with E-state index in [0.29, 0.717) is 19.6 Å². The van der Waals surface area contributed by atoms with E-state index in [1.165, 1.54) is 11.3 Å². The lowest BCUT2D eigenvalue weighted by atomic mass is 10.2. The average molecular weight is 350 g/mol. The molecule has 0 saturated carbocycles. The molecule has 0 bridgehead atoms. The van der Waals surface area contributed by atoms with Crippen molar-refractivity contribution in [2.24, 2.45) is 0 Å². The molecular formula is C15H18N4O4S. The van der Waals surface area contributed by atoms with Crippen molar-refractivity contribution >= 4 is 28.3 Å². The van der Waals surface area contributed by atoms with Gasteiger partial charge < -0.3 is 14.1 Å². The summed E-state index contributed by atoms with van der Waals surface area (Å²) in [7, 11) is 0. The van der Waals surface area contributed by atoms with Gasteiger partial charge in [-0.25, -0.2) is 4.98 Å². The molecule has 1 aliphatic heterocycles. The van der Waals surface area contributed by atoms with E-state index < -0.39 is 5.91 Å². The number of anilines is 1. The summed E-state index contributed by atoms with van der Waals surface area (Å²) in [6.45, 7) is 2.84. The average Bonchev–Trinajstić information content (AvgIpc) is 3.30. The fraction of sp³-hybridized carbons (Fsp3) is 0.400. The molecule has 2 N–H and O–H groups in total. The van der Waals surface area contributed by atoms with E-state index in [9.17, 15) is 9.59 Å². The van der Waals surface area contributed by atoms with E-state index in [4.69, 9.17) is 9.15 Å². The molecule has 3 rings (SSSR count). The van der Waals surface area contributed by atoms with Gasteiger partial charge in [-0.2, -0.15) is 0 Å². The van der Waals surface area contributed by atoms with Crippen molar-refractivity contribution in [1.29, 1.82) is 0 Å². The molecule has 1 saturated heterocycles. The molecule has 0 radical (unpaired) electrons. The summed E-state index contributed by atoms with van der Waals surface area (Å²) >= 11 is 1.40. The molecule has 0 spiro atoms. The van der Waals surface area contributed by atoms with Crippen LogP contribution in [-0.2, 0) is 16.0 Å². The maximum Gasteiger partial charge on any atom is 0.289 e. The Morgan fingerprint density at radius 2 is 2.12 bits per heavy atom. The van der Waals surface area contributed by atoms with Crippen LogP contribution in [0.25, 0.3) is 0 Å². The first-order chi connectivity index (χ1) is 11.7. The number of furan rings is 1. The predicted molar refractivity (Wildman–Crippen MR) is 87.8 cm³/mol. The summed E-state index contributed by atoms with van der Waals surface area (Å²) < 4.78 is 10.4. The molecule has 0 atom stereocenters. The van der Waals surface area contributed by atoms with Crippen LogP contribution in [-0.4, -0.2) is 43.1 Å². The highest BCUT2D eigenvalue weighted by Crippen LogP contribution is 2.21. The Balaban J connectivity index is 1.44. The topological polar surface area (TPSA) is 96.7 Å². The first-order valence-electron chi connectivity index (χ1n) is 7.62. The van der Waals surface area contributed by atoms with E-state index in [1.54, 1.807) is 23.8 Å². The monoisotopic (exact) mass is 350 g/mol. The van der Waals surface area contributed by atoms with Crippen LogP contribution < -0.4 is 15.8 Å². The number of aromatic nitrogens is 1. The third-order valence-electron chi connectivity index (χ3n) is 3.50. The summed E-state index contributed by atoms with van der Waals surface area (Å²) in [4.78, 5) is 30.1. The summed E-state index contributed by atoms with van der Waals surface area (Å²) in [6, 6.07) is 3.57. The molecule has 0 unspecified atom stereocenters. The van der Waals surface area contributed by atoms with Gasteiger partial charge in [0.05, 0.1) is 19.5 Å². The molecular weight excluding hydrogens is 332 g/mol. The molecule has 0 aliphatic carbocycles. The Bertz CT molecular complexity index is 679. The van der Waals surface area contributed by atoms with E-state index in [1.807, 2.05) is 0 Å². The second-order valence-corrected chi connectivity index (χ2v) is 6.03. The smallest absolute Gasteiger partial charge is 0.289 e. The minimum atomic E-state index is -0.433. The van der Waals surface area contributed by atoms with Gasteiger partial charge in [0.25, 0.3) is 5.91 Å². The summed E-state index contributed by atoms with van der Waals surface area (Å²) in [5.41, 5.74) is 5.05. The number of hydrazine groups is 1. The van der Waals surface area contributed by atoms with E-state index >= 15 is 0 Å². The van der Waals surface area contributed by atoms with Gasteiger partial charge in [0.15, 0.2) is 5.13 Å². The van der Waals surface area contributed by atoms with Gasteiger partial charge in [0, 0.05) is 31.3 Å². The zero-order chi connectivity index (χ0) is 16.8. The lowest BCUT2D eigenvalue weighted by Gasteiger charge is -2.25. The van der Waals surface area contributed by atoms with Crippen LogP contribution in [0.5, 0.6) is 0 Å². The number of carbonyl (C=O) groups is 2. The van der Waals surface area contributed by atoms with Crippen LogP contribution in [0.2, 0.25) is 0 Å². The summed E-state index contributed by atoms with van der Waals surface area (Å²) in [5, 5.41) is 2.46. The van der Waals surface area contributed by atoms with Crippen LogP contribution in [0.15, 0.2) is 28.2 Å². The fourth-order valence-electron chi connectivity index (χ4n) is 2.21. The quantitative estimate of drug-likeness (QED) is 0.780. The standard InChI is InChI=1S/C15H18N4O4S/c20-13(4-3-11-2-1-7-23-11)17-18-14(21)12-10-24-15(16-12)19-5-8-22-9-6-19/h1-2,7,10H,3-6,8-9H2,(H,17,20)(H,18,21). The third-order valence-corrected chi connectivity index (χ3v) is 4.40. The molecule has 3 heterocycles. The SMILES string of the molecule is O=C(CCc1ccco1)NNC(=O)c1csc(N2CCOCC2)n1. The van der Waals surface area contributed by atoms with Gasteiger partial charge in [-0.1, -0.05) is 0 Å². The van der Waals surface area contributed by atoms with Gasteiger partial charge in [0.1, 0.15) is 11.5 Å². The number of rotatable bonds is 5. The molecule has 128 valence electrons.